The van der Waals surface area contributed by atoms with Gasteiger partial charge in [-0.05, 0) is 18.1 Å². The van der Waals surface area contributed by atoms with Gasteiger partial charge in [0.1, 0.15) is 0 Å². The van der Waals surface area contributed by atoms with E-state index in [4.69, 9.17) is 10.8 Å². The molecule has 1 heterocycles. The molecule has 1 aliphatic rings. The van der Waals surface area contributed by atoms with Crippen LogP contribution in [-0.2, 0) is 0 Å². The van der Waals surface area contributed by atoms with E-state index in [1.54, 1.807) is 0 Å². The molecule has 0 aromatic rings. The van der Waals surface area contributed by atoms with Gasteiger partial charge in [0.25, 0.3) is 0 Å². The van der Waals surface area contributed by atoms with Gasteiger partial charge in [-0.3, -0.25) is 0 Å². The van der Waals surface area contributed by atoms with E-state index in [1.165, 1.54) is 5.75 Å². The van der Waals surface area contributed by atoms with E-state index >= 15 is 0 Å². The summed E-state index contributed by atoms with van der Waals surface area (Å²) < 4.78 is 0.266. The minimum Gasteiger partial charge on any atom is -0.395 e. The molecular formula is C8H17NOS. The van der Waals surface area contributed by atoms with Gasteiger partial charge < -0.3 is 10.8 Å². The van der Waals surface area contributed by atoms with Gasteiger partial charge in [-0.15, -0.1) is 0 Å². The summed E-state index contributed by atoms with van der Waals surface area (Å²) in [5.41, 5.74) is 5.79. The molecule has 0 spiro atoms. The van der Waals surface area contributed by atoms with Crippen LogP contribution >= 0.6 is 11.8 Å². The summed E-state index contributed by atoms with van der Waals surface area (Å²) in [5.74, 6) is 1.67. The second kappa shape index (κ2) is 3.33. The average molecular weight is 175 g/mol. The predicted octanol–water partition coefficient (Wildman–Crippen LogP) is 0.838. The van der Waals surface area contributed by atoms with Crippen molar-refractivity contribution in [2.75, 3.05) is 12.4 Å². The molecule has 1 aliphatic heterocycles. The van der Waals surface area contributed by atoms with Crippen LogP contribution in [0.1, 0.15) is 20.3 Å². The molecule has 1 fully saturated rings. The van der Waals surface area contributed by atoms with Crippen LogP contribution in [-0.4, -0.2) is 28.3 Å². The lowest BCUT2D eigenvalue weighted by molar-refractivity contribution is 0.211. The van der Waals surface area contributed by atoms with Gasteiger partial charge in [0.05, 0.1) is 6.61 Å². The fourth-order valence-electron chi connectivity index (χ4n) is 1.76. The second-order valence-corrected chi connectivity index (χ2v) is 5.44. The Kier molecular flexibility index (Phi) is 2.84. The third-order valence-electron chi connectivity index (χ3n) is 2.52. The van der Waals surface area contributed by atoms with Crippen LogP contribution in [0.4, 0.5) is 0 Å². The van der Waals surface area contributed by atoms with Crippen molar-refractivity contribution >= 4 is 11.8 Å². The van der Waals surface area contributed by atoms with Gasteiger partial charge in [-0.25, -0.2) is 0 Å². The highest BCUT2D eigenvalue weighted by molar-refractivity contribution is 8.00. The Morgan fingerprint density at radius 2 is 2.36 bits per heavy atom. The molecule has 3 N–H and O–H groups in total. The molecule has 0 aliphatic carbocycles. The van der Waals surface area contributed by atoms with Gasteiger partial charge in [0, 0.05) is 10.8 Å². The summed E-state index contributed by atoms with van der Waals surface area (Å²) in [6.45, 7) is 4.55. The van der Waals surface area contributed by atoms with Crippen molar-refractivity contribution in [1.82, 2.24) is 0 Å². The number of hydrogen-bond donors (Lipinski definition) is 2. The van der Waals surface area contributed by atoms with Crippen molar-refractivity contribution in [1.29, 1.82) is 0 Å². The molecule has 0 aromatic heterocycles. The minimum atomic E-state index is -0.0278. The standard InChI is InChI=1S/C8H17NOS/c1-8(2)6(3-4-11-8)7(9)5-10/h6-7,10H,3-5,9H2,1-2H3/t6?,7-/m1/s1. The van der Waals surface area contributed by atoms with E-state index in [0.717, 1.165) is 6.42 Å². The van der Waals surface area contributed by atoms with Crippen LogP contribution in [0.3, 0.4) is 0 Å². The molecule has 0 saturated carbocycles. The van der Waals surface area contributed by atoms with Crippen LogP contribution in [0, 0.1) is 5.92 Å². The monoisotopic (exact) mass is 175 g/mol. The third-order valence-corrected chi connectivity index (χ3v) is 4.01. The van der Waals surface area contributed by atoms with Crippen LogP contribution in [0.2, 0.25) is 0 Å². The predicted molar refractivity (Wildman–Crippen MR) is 49.7 cm³/mol. The first kappa shape index (κ1) is 9.36. The maximum Gasteiger partial charge on any atom is 0.0585 e. The number of rotatable bonds is 2. The summed E-state index contributed by atoms with van der Waals surface area (Å²) >= 11 is 1.96. The molecule has 0 aromatic carbocycles. The van der Waals surface area contributed by atoms with E-state index in [2.05, 4.69) is 13.8 Å². The van der Waals surface area contributed by atoms with E-state index in [-0.39, 0.29) is 17.4 Å². The Bertz CT molecular complexity index is 138. The highest BCUT2D eigenvalue weighted by Gasteiger charge is 2.38. The topological polar surface area (TPSA) is 46.2 Å². The highest BCUT2D eigenvalue weighted by Crippen LogP contribution is 2.43. The summed E-state index contributed by atoms with van der Waals surface area (Å²) in [7, 11) is 0. The molecule has 1 unspecified atom stereocenters. The quantitative estimate of drug-likeness (QED) is 0.653. The van der Waals surface area contributed by atoms with E-state index in [9.17, 15) is 0 Å². The second-order valence-electron chi connectivity index (χ2n) is 3.69. The van der Waals surface area contributed by atoms with Crippen LogP contribution < -0.4 is 5.73 Å². The Hall–Kier alpha value is 0.270. The van der Waals surface area contributed by atoms with Crippen LogP contribution in [0.25, 0.3) is 0 Å². The number of aliphatic hydroxyl groups excluding tert-OH is 1. The van der Waals surface area contributed by atoms with Crippen molar-refractivity contribution in [2.45, 2.75) is 31.1 Å². The van der Waals surface area contributed by atoms with Crippen molar-refractivity contribution in [3.8, 4) is 0 Å². The third kappa shape index (κ3) is 1.89. The smallest absolute Gasteiger partial charge is 0.0585 e. The number of thioether (sulfide) groups is 1. The van der Waals surface area contributed by atoms with Gasteiger partial charge in [-0.1, -0.05) is 13.8 Å². The Morgan fingerprint density at radius 3 is 2.73 bits per heavy atom. The van der Waals surface area contributed by atoms with Crippen LogP contribution in [0.15, 0.2) is 0 Å². The Morgan fingerprint density at radius 1 is 1.73 bits per heavy atom. The molecule has 66 valence electrons. The molecule has 0 amide bonds. The lowest BCUT2D eigenvalue weighted by Gasteiger charge is -2.29. The molecular weight excluding hydrogens is 158 g/mol. The van der Waals surface area contributed by atoms with Crippen molar-refractivity contribution in [2.24, 2.45) is 11.7 Å². The maximum atomic E-state index is 8.89. The van der Waals surface area contributed by atoms with E-state index < -0.39 is 0 Å². The van der Waals surface area contributed by atoms with Gasteiger partial charge in [0.2, 0.25) is 0 Å². The molecule has 1 saturated heterocycles. The minimum absolute atomic E-state index is 0.0278. The summed E-state index contributed by atoms with van der Waals surface area (Å²) in [4.78, 5) is 0. The highest BCUT2D eigenvalue weighted by atomic mass is 32.2. The number of aliphatic hydroxyl groups is 1. The molecule has 0 bridgehead atoms. The first-order valence-corrected chi connectivity index (χ1v) is 5.07. The number of nitrogens with two attached hydrogens (primary N) is 1. The SMILES string of the molecule is CC1(C)SCCC1[C@H](N)CO. The summed E-state index contributed by atoms with van der Waals surface area (Å²) in [5, 5.41) is 8.89. The maximum absolute atomic E-state index is 8.89. The van der Waals surface area contributed by atoms with Crippen molar-refractivity contribution in [3.63, 3.8) is 0 Å². The summed E-state index contributed by atoms with van der Waals surface area (Å²) in [6.07, 6.45) is 1.15. The van der Waals surface area contributed by atoms with Gasteiger partial charge in [0.15, 0.2) is 0 Å². The molecule has 0 radical (unpaired) electrons. The van der Waals surface area contributed by atoms with E-state index in [1.807, 2.05) is 11.8 Å². The Labute approximate surface area is 72.5 Å². The average Bonchev–Trinajstić information content (AvgIpc) is 2.28. The first-order valence-electron chi connectivity index (χ1n) is 4.08. The van der Waals surface area contributed by atoms with Gasteiger partial charge >= 0.3 is 0 Å². The normalized spacial score (nSPS) is 32.2. The van der Waals surface area contributed by atoms with Crippen molar-refractivity contribution < 1.29 is 5.11 Å². The van der Waals surface area contributed by atoms with E-state index in [0.29, 0.717) is 5.92 Å². The summed E-state index contributed by atoms with van der Waals surface area (Å²) in [6, 6.07) is -0.0278. The zero-order chi connectivity index (χ0) is 8.48. The molecule has 11 heavy (non-hydrogen) atoms. The Balaban J connectivity index is 2.57. The lowest BCUT2D eigenvalue weighted by Crippen LogP contribution is -2.41. The molecule has 3 heteroatoms. The fraction of sp³-hybridized carbons (Fsp3) is 1.00. The zero-order valence-electron chi connectivity index (χ0n) is 7.21. The number of hydrogen-bond acceptors (Lipinski definition) is 3. The fourth-order valence-corrected chi connectivity index (χ4v) is 3.17. The largest absolute Gasteiger partial charge is 0.395 e. The molecule has 2 nitrogen and oxygen atoms in total. The molecule has 1 rings (SSSR count). The molecule has 2 atom stereocenters. The van der Waals surface area contributed by atoms with Crippen LogP contribution in [0.5, 0.6) is 0 Å². The first-order chi connectivity index (χ1) is 5.08. The van der Waals surface area contributed by atoms with Crippen molar-refractivity contribution in [3.05, 3.63) is 0 Å². The zero-order valence-corrected chi connectivity index (χ0v) is 8.03. The lowest BCUT2D eigenvalue weighted by atomic mass is 9.87. The van der Waals surface area contributed by atoms with Gasteiger partial charge in [-0.2, -0.15) is 11.8 Å².